The number of halogens is 2. The van der Waals surface area contributed by atoms with Gasteiger partial charge in [-0.05, 0) is 83.3 Å². The van der Waals surface area contributed by atoms with Crippen molar-refractivity contribution in [3.8, 4) is 0 Å². The molecule has 1 saturated carbocycles. The maximum atomic E-state index is 14.7. The van der Waals surface area contributed by atoms with E-state index < -0.39 is 22.4 Å². The van der Waals surface area contributed by atoms with E-state index >= 15 is 0 Å². The van der Waals surface area contributed by atoms with Crippen molar-refractivity contribution < 1.29 is 9.53 Å². The molecule has 1 heterocycles. The van der Waals surface area contributed by atoms with Gasteiger partial charge in [-0.25, -0.2) is 4.79 Å². The molecule has 5 aromatic carbocycles. The van der Waals surface area contributed by atoms with Gasteiger partial charge in [0.2, 0.25) is 0 Å². The summed E-state index contributed by atoms with van der Waals surface area (Å²) >= 11 is 14.9. The number of carbonyl (C=O) groups excluding carboxylic acids is 1. The summed E-state index contributed by atoms with van der Waals surface area (Å²) in [5.74, 6) is -0.658. The molecular formula is C44H42Cl2N4O2. The Hall–Kier alpha value is -4.65. The van der Waals surface area contributed by atoms with Gasteiger partial charge in [0.15, 0.2) is 5.60 Å². The lowest BCUT2D eigenvalue weighted by atomic mass is 9.67. The summed E-state index contributed by atoms with van der Waals surface area (Å²) in [7, 11) is 16.1. The zero-order valence-corrected chi connectivity index (χ0v) is 32.3. The fraction of sp³-hybridized carbons (Fsp3) is 0.273. The summed E-state index contributed by atoms with van der Waals surface area (Å²) in [6.45, 7) is 7.73. The van der Waals surface area contributed by atoms with E-state index in [0.717, 1.165) is 56.1 Å². The minimum absolute atomic E-state index is 0.222. The Labute approximate surface area is 317 Å². The fourth-order valence-corrected chi connectivity index (χ4v) is 9.58. The monoisotopic (exact) mass is 728 g/mol. The van der Waals surface area contributed by atoms with Gasteiger partial charge in [0.1, 0.15) is 0 Å². The highest BCUT2D eigenvalue weighted by Gasteiger charge is 2.91. The Morgan fingerprint density at radius 3 is 1.33 bits per heavy atom. The number of fused-ring (bicyclic) bond motifs is 1. The lowest BCUT2D eigenvalue weighted by molar-refractivity contribution is 0.0212. The van der Waals surface area contributed by atoms with Crippen LogP contribution in [0.3, 0.4) is 0 Å². The summed E-state index contributed by atoms with van der Waals surface area (Å²) in [6.07, 6.45) is 0. The summed E-state index contributed by atoms with van der Waals surface area (Å²) in [4.78, 5) is 22.9. The minimum atomic E-state index is -1.35. The molecule has 2 aliphatic carbocycles. The van der Waals surface area contributed by atoms with Crippen LogP contribution in [-0.2, 0) is 21.2 Å². The molecule has 2 radical (unpaired) electrons. The maximum absolute atomic E-state index is 14.7. The highest BCUT2D eigenvalue weighted by atomic mass is 35.5. The van der Waals surface area contributed by atoms with Gasteiger partial charge in [0, 0.05) is 96.2 Å². The standard InChI is InChI=1S/C44H42Cl2N4O2/c1-42(26-10-18-30(19-11-26)47(2)3,27-12-20-31(21-13-27)48(4)5)37-34-36-35(38(45)39(37)46)40-43(44(36,40)52-41(34)51,28-14-22-32(23-15-28)49(6)7)29-16-24-33(25-17-29)50(8)9/h1,10-25,40H,2-9H3. The predicted octanol–water partition coefficient (Wildman–Crippen LogP) is 8.77. The second-order valence-corrected chi connectivity index (χ2v) is 15.9. The van der Waals surface area contributed by atoms with Crippen LogP contribution in [0.5, 0.6) is 0 Å². The van der Waals surface area contributed by atoms with Crippen LogP contribution in [0, 0.1) is 6.92 Å². The van der Waals surface area contributed by atoms with Crippen LogP contribution in [0.2, 0.25) is 10.0 Å². The van der Waals surface area contributed by atoms with Crippen molar-refractivity contribution >= 4 is 51.9 Å². The zero-order valence-electron chi connectivity index (χ0n) is 30.8. The molecule has 1 aliphatic heterocycles. The van der Waals surface area contributed by atoms with Crippen LogP contribution in [0.15, 0.2) is 97.1 Å². The van der Waals surface area contributed by atoms with Gasteiger partial charge in [-0.1, -0.05) is 71.7 Å². The number of anilines is 4. The molecule has 0 amide bonds. The predicted molar refractivity (Wildman–Crippen MR) is 214 cm³/mol. The highest BCUT2D eigenvalue weighted by Crippen LogP contribution is 2.88. The first-order chi connectivity index (χ1) is 24.7. The smallest absolute Gasteiger partial charge is 0.339 e. The zero-order chi connectivity index (χ0) is 37.1. The summed E-state index contributed by atoms with van der Waals surface area (Å²) in [5.41, 5.74) is 7.32. The van der Waals surface area contributed by atoms with E-state index in [4.69, 9.17) is 34.9 Å². The Morgan fingerprint density at radius 1 is 0.596 bits per heavy atom. The number of benzene rings is 5. The van der Waals surface area contributed by atoms with Crippen molar-refractivity contribution in [2.75, 3.05) is 76.0 Å². The molecule has 2 unspecified atom stereocenters. The van der Waals surface area contributed by atoms with Crippen molar-refractivity contribution in [1.29, 1.82) is 0 Å². The molecule has 5 aromatic rings. The molecule has 6 nitrogen and oxygen atoms in total. The number of rotatable bonds is 9. The van der Waals surface area contributed by atoms with Gasteiger partial charge in [-0.3, -0.25) is 0 Å². The van der Waals surface area contributed by atoms with Gasteiger partial charge in [-0.15, -0.1) is 0 Å². The first-order valence-corrected chi connectivity index (χ1v) is 18.2. The lowest BCUT2D eigenvalue weighted by Gasteiger charge is -2.36. The number of hydrogen-bond donors (Lipinski definition) is 0. The molecule has 0 bridgehead atoms. The van der Waals surface area contributed by atoms with Crippen molar-refractivity contribution in [3.63, 3.8) is 0 Å². The van der Waals surface area contributed by atoms with Crippen LogP contribution < -0.4 is 19.6 Å². The molecule has 8 heteroatoms. The summed E-state index contributed by atoms with van der Waals surface area (Å²) < 4.78 is 6.72. The average molecular weight is 730 g/mol. The Bertz CT molecular complexity index is 2120. The topological polar surface area (TPSA) is 39.3 Å². The Kier molecular flexibility index (Phi) is 7.73. The maximum Gasteiger partial charge on any atom is 0.339 e. The number of ether oxygens (including phenoxy) is 1. The molecule has 8 rings (SSSR count). The van der Waals surface area contributed by atoms with Crippen LogP contribution in [0.25, 0.3) is 0 Å². The van der Waals surface area contributed by atoms with E-state index in [9.17, 15) is 4.79 Å². The molecular weight excluding hydrogens is 687 g/mol. The third-order valence-electron chi connectivity index (χ3n) is 11.6. The molecule has 52 heavy (non-hydrogen) atoms. The van der Waals surface area contributed by atoms with Crippen molar-refractivity contribution in [1.82, 2.24) is 0 Å². The van der Waals surface area contributed by atoms with Crippen LogP contribution in [-0.4, -0.2) is 62.4 Å². The van der Waals surface area contributed by atoms with Crippen molar-refractivity contribution in [2.45, 2.75) is 22.3 Å². The van der Waals surface area contributed by atoms with Gasteiger partial charge in [0.05, 0.1) is 26.4 Å². The van der Waals surface area contributed by atoms with E-state index in [0.29, 0.717) is 16.1 Å². The third kappa shape index (κ3) is 4.34. The summed E-state index contributed by atoms with van der Waals surface area (Å²) in [5, 5.41) is 0.682. The van der Waals surface area contributed by atoms with Crippen molar-refractivity contribution in [3.05, 3.63) is 159 Å². The average Bonchev–Trinajstić information content (AvgIpc) is 3.52. The molecule has 3 aliphatic rings. The molecule has 1 fully saturated rings. The molecule has 2 atom stereocenters. The number of esters is 1. The van der Waals surface area contributed by atoms with E-state index in [1.807, 2.05) is 115 Å². The number of hydrogen-bond acceptors (Lipinski definition) is 6. The van der Waals surface area contributed by atoms with E-state index in [-0.39, 0.29) is 10.9 Å². The molecule has 0 saturated heterocycles. The highest BCUT2D eigenvalue weighted by molar-refractivity contribution is 6.44. The SMILES string of the molecule is [CH]C(c1ccc(N(C)C)cc1)(c1ccc(N(C)C)cc1)c1c(Cl)c(Cl)c2c3c1C(=O)OC31C2C1(c1ccc(N(C)C)cc1)c1ccc(N(C)C)cc1. The Morgan fingerprint density at radius 2 is 0.962 bits per heavy atom. The van der Waals surface area contributed by atoms with Crippen LogP contribution >= 0.6 is 23.2 Å². The molecule has 264 valence electrons. The largest absolute Gasteiger partial charge is 0.448 e. The minimum Gasteiger partial charge on any atom is -0.448 e. The quantitative estimate of drug-likeness (QED) is 0.112. The molecule has 1 spiro atoms. The van der Waals surface area contributed by atoms with Crippen LogP contribution in [0.1, 0.15) is 55.2 Å². The normalized spacial score (nSPS) is 18.9. The first-order valence-electron chi connectivity index (χ1n) is 17.4. The lowest BCUT2D eigenvalue weighted by Crippen LogP contribution is -2.30. The third-order valence-corrected chi connectivity index (χ3v) is 12.5. The van der Waals surface area contributed by atoms with Gasteiger partial charge in [-0.2, -0.15) is 0 Å². The fourth-order valence-electron chi connectivity index (χ4n) is 8.93. The number of nitrogens with zero attached hydrogens (tertiary/aromatic N) is 4. The van der Waals surface area contributed by atoms with E-state index in [1.165, 1.54) is 0 Å². The second kappa shape index (κ2) is 11.7. The van der Waals surface area contributed by atoms with Gasteiger partial charge < -0.3 is 24.3 Å². The summed E-state index contributed by atoms with van der Waals surface area (Å²) in [6, 6.07) is 33.2. The number of carbonyl (C=O) groups is 1. The van der Waals surface area contributed by atoms with Crippen LogP contribution in [0.4, 0.5) is 22.7 Å². The van der Waals surface area contributed by atoms with E-state index in [2.05, 4.69) is 58.3 Å². The van der Waals surface area contributed by atoms with E-state index in [1.54, 1.807) is 0 Å². The van der Waals surface area contributed by atoms with Gasteiger partial charge in [0.25, 0.3) is 0 Å². The molecule has 0 N–H and O–H groups in total. The van der Waals surface area contributed by atoms with Gasteiger partial charge >= 0.3 is 5.97 Å². The molecule has 0 aromatic heterocycles. The Balaban J connectivity index is 1.39. The second-order valence-electron chi connectivity index (χ2n) is 15.1. The first kappa shape index (κ1) is 34.4. The van der Waals surface area contributed by atoms with Crippen molar-refractivity contribution in [2.24, 2.45) is 0 Å².